The van der Waals surface area contributed by atoms with Gasteiger partial charge in [-0.2, -0.15) is 0 Å². The molecular weight excluding hydrogens is 320 g/mol. The SMILES string of the molecule is COC(=O)C1(C(=O)OC)[C@H](C(C)C)[C@@H]1S(=O)(=O)c1ccccc1. The Bertz CT molecular complexity index is 691. The molecule has 1 aliphatic rings. The van der Waals surface area contributed by atoms with Crippen LogP contribution in [0.4, 0.5) is 0 Å². The number of benzene rings is 1. The fraction of sp³-hybridized carbons (Fsp3) is 0.500. The number of carbonyl (C=O) groups excluding carboxylic acids is 2. The molecular formula is C16H20O6S. The second-order valence-electron chi connectivity index (χ2n) is 5.90. The van der Waals surface area contributed by atoms with E-state index >= 15 is 0 Å². The van der Waals surface area contributed by atoms with Crippen LogP contribution in [0, 0.1) is 17.3 Å². The highest BCUT2D eigenvalue weighted by Crippen LogP contribution is 2.62. The molecule has 1 aromatic rings. The van der Waals surface area contributed by atoms with Crippen molar-refractivity contribution in [3.8, 4) is 0 Å². The molecule has 2 atom stereocenters. The van der Waals surface area contributed by atoms with Crippen LogP contribution in [0.25, 0.3) is 0 Å². The van der Waals surface area contributed by atoms with Gasteiger partial charge in [0.15, 0.2) is 15.3 Å². The molecule has 0 N–H and O–H groups in total. The van der Waals surface area contributed by atoms with E-state index in [1.807, 2.05) is 0 Å². The molecule has 0 spiro atoms. The molecule has 0 unspecified atom stereocenters. The Kier molecular flexibility index (Phi) is 4.52. The van der Waals surface area contributed by atoms with Gasteiger partial charge in [-0.1, -0.05) is 32.0 Å². The summed E-state index contributed by atoms with van der Waals surface area (Å²) in [5.74, 6) is -2.63. The monoisotopic (exact) mass is 340 g/mol. The number of hydrogen-bond acceptors (Lipinski definition) is 6. The first kappa shape index (κ1) is 17.5. The van der Waals surface area contributed by atoms with E-state index in [0.717, 1.165) is 14.2 Å². The minimum atomic E-state index is -3.88. The zero-order valence-corrected chi connectivity index (χ0v) is 14.3. The van der Waals surface area contributed by atoms with Crippen molar-refractivity contribution < 1.29 is 27.5 Å². The lowest BCUT2D eigenvalue weighted by Crippen LogP contribution is -2.35. The van der Waals surface area contributed by atoms with E-state index in [1.165, 1.54) is 12.1 Å². The number of ether oxygens (including phenoxy) is 2. The van der Waals surface area contributed by atoms with Crippen LogP contribution in [0.1, 0.15) is 13.8 Å². The Labute approximate surface area is 135 Å². The van der Waals surface area contributed by atoms with Gasteiger partial charge in [0.1, 0.15) is 0 Å². The highest BCUT2D eigenvalue weighted by Gasteiger charge is 2.81. The molecule has 1 aromatic carbocycles. The Morgan fingerprint density at radius 2 is 1.52 bits per heavy atom. The average Bonchev–Trinajstić information content (AvgIpc) is 3.26. The number of methoxy groups -OCH3 is 2. The number of rotatable bonds is 5. The molecule has 0 bridgehead atoms. The zero-order chi connectivity index (χ0) is 17.4. The highest BCUT2D eigenvalue weighted by molar-refractivity contribution is 7.92. The van der Waals surface area contributed by atoms with E-state index < -0.39 is 38.4 Å². The van der Waals surface area contributed by atoms with Gasteiger partial charge in [-0.15, -0.1) is 0 Å². The van der Waals surface area contributed by atoms with Crippen LogP contribution in [0.3, 0.4) is 0 Å². The zero-order valence-electron chi connectivity index (χ0n) is 13.5. The third-order valence-corrected chi connectivity index (χ3v) is 6.63. The second kappa shape index (κ2) is 5.96. The van der Waals surface area contributed by atoms with Crippen molar-refractivity contribution in [2.45, 2.75) is 24.0 Å². The predicted molar refractivity (Wildman–Crippen MR) is 82.2 cm³/mol. The lowest BCUT2D eigenvalue weighted by atomic mass is 9.97. The van der Waals surface area contributed by atoms with Crippen molar-refractivity contribution in [3.63, 3.8) is 0 Å². The van der Waals surface area contributed by atoms with Crippen LogP contribution in [-0.4, -0.2) is 39.8 Å². The lowest BCUT2D eigenvalue weighted by Gasteiger charge is -2.14. The minimum absolute atomic E-state index is 0.0744. The number of sulfone groups is 1. The summed E-state index contributed by atoms with van der Waals surface area (Å²) in [6, 6.07) is 7.78. The van der Waals surface area contributed by atoms with Crippen LogP contribution in [0.15, 0.2) is 35.2 Å². The Hall–Kier alpha value is -1.89. The third-order valence-electron chi connectivity index (χ3n) is 4.36. The molecule has 0 saturated heterocycles. The summed E-state index contributed by atoms with van der Waals surface area (Å²) in [7, 11) is -1.61. The molecule has 0 aromatic heterocycles. The molecule has 1 fully saturated rings. The molecule has 6 nitrogen and oxygen atoms in total. The fourth-order valence-electron chi connectivity index (χ4n) is 3.38. The van der Waals surface area contributed by atoms with Gasteiger partial charge in [0.25, 0.3) is 0 Å². The van der Waals surface area contributed by atoms with Gasteiger partial charge in [0, 0.05) is 5.92 Å². The summed E-state index contributed by atoms with van der Waals surface area (Å²) in [5.41, 5.74) is -1.80. The number of carbonyl (C=O) groups is 2. The Balaban J connectivity index is 2.60. The summed E-state index contributed by atoms with van der Waals surface area (Å²) >= 11 is 0. The maximum absolute atomic E-state index is 13.0. The van der Waals surface area contributed by atoms with Crippen molar-refractivity contribution in [1.29, 1.82) is 0 Å². The largest absolute Gasteiger partial charge is 0.468 e. The van der Waals surface area contributed by atoms with Gasteiger partial charge < -0.3 is 9.47 Å². The molecule has 0 radical (unpaired) electrons. The van der Waals surface area contributed by atoms with E-state index in [-0.39, 0.29) is 10.8 Å². The van der Waals surface area contributed by atoms with Crippen molar-refractivity contribution in [2.24, 2.45) is 17.3 Å². The molecule has 126 valence electrons. The molecule has 23 heavy (non-hydrogen) atoms. The molecule has 0 heterocycles. The van der Waals surface area contributed by atoms with Gasteiger partial charge in [-0.3, -0.25) is 9.59 Å². The van der Waals surface area contributed by atoms with Gasteiger partial charge in [0.2, 0.25) is 0 Å². The number of hydrogen-bond donors (Lipinski definition) is 0. The third kappa shape index (κ3) is 2.43. The van der Waals surface area contributed by atoms with Gasteiger partial charge in [-0.05, 0) is 18.1 Å². The maximum atomic E-state index is 13.0. The fourth-order valence-corrected chi connectivity index (χ4v) is 5.88. The quantitative estimate of drug-likeness (QED) is 0.595. The van der Waals surface area contributed by atoms with Crippen LogP contribution in [-0.2, 0) is 28.9 Å². The topological polar surface area (TPSA) is 86.7 Å². The first-order valence-corrected chi connectivity index (χ1v) is 8.76. The first-order chi connectivity index (χ1) is 10.8. The average molecular weight is 340 g/mol. The maximum Gasteiger partial charge on any atom is 0.324 e. The molecule has 7 heteroatoms. The second-order valence-corrected chi connectivity index (χ2v) is 7.97. The van der Waals surface area contributed by atoms with Crippen molar-refractivity contribution >= 4 is 21.8 Å². The highest BCUT2D eigenvalue weighted by atomic mass is 32.2. The predicted octanol–water partition coefficient (Wildman–Crippen LogP) is 1.45. The van der Waals surface area contributed by atoms with E-state index in [4.69, 9.17) is 9.47 Å². The van der Waals surface area contributed by atoms with E-state index in [2.05, 4.69) is 0 Å². The summed E-state index contributed by atoms with van der Waals surface area (Å²) in [4.78, 5) is 24.7. The Morgan fingerprint density at radius 3 is 1.91 bits per heavy atom. The van der Waals surface area contributed by atoms with Crippen molar-refractivity contribution in [1.82, 2.24) is 0 Å². The normalized spacial score (nSPS) is 22.5. The van der Waals surface area contributed by atoms with E-state index in [9.17, 15) is 18.0 Å². The molecule has 1 saturated carbocycles. The summed E-state index contributed by atoms with van der Waals surface area (Å²) < 4.78 is 35.4. The van der Waals surface area contributed by atoms with Crippen LogP contribution in [0.2, 0.25) is 0 Å². The summed E-state index contributed by atoms with van der Waals surface area (Å²) in [6.45, 7) is 3.54. The molecule has 0 amide bonds. The number of esters is 2. The van der Waals surface area contributed by atoms with Gasteiger partial charge in [-0.25, -0.2) is 8.42 Å². The van der Waals surface area contributed by atoms with Gasteiger partial charge >= 0.3 is 11.9 Å². The molecule has 1 aliphatic carbocycles. The van der Waals surface area contributed by atoms with Crippen LogP contribution < -0.4 is 0 Å². The summed E-state index contributed by atoms with van der Waals surface area (Å²) in [6.07, 6.45) is 0. The van der Waals surface area contributed by atoms with Crippen LogP contribution >= 0.6 is 0 Å². The molecule has 2 rings (SSSR count). The van der Waals surface area contributed by atoms with E-state index in [1.54, 1.807) is 32.0 Å². The van der Waals surface area contributed by atoms with Gasteiger partial charge in [0.05, 0.1) is 24.4 Å². The van der Waals surface area contributed by atoms with E-state index in [0.29, 0.717) is 0 Å². The smallest absolute Gasteiger partial charge is 0.324 e. The van der Waals surface area contributed by atoms with Crippen LogP contribution in [0.5, 0.6) is 0 Å². The lowest BCUT2D eigenvalue weighted by molar-refractivity contribution is -0.162. The standard InChI is InChI=1S/C16H20O6S/c1-10(2)12-13(16(12,14(17)21-3)15(18)22-4)23(19,20)11-8-6-5-7-9-11/h5-10,12-13H,1-4H3/t12-,13+/m1/s1. The first-order valence-electron chi connectivity index (χ1n) is 7.22. The Morgan fingerprint density at radius 1 is 1.04 bits per heavy atom. The van der Waals surface area contributed by atoms with Crippen molar-refractivity contribution in [3.05, 3.63) is 30.3 Å². The van der Waals surface area contributed by atoms with Crippen molar-refractivity contribution in [2.75, 3.05) is 14.2 Å². The minimum Gasteiger partial charge on any atom is -0.468 e. The summed E-state index contributed by atoms with van der Waals surface area (Å²) in [5, 5.41) is -1.18. The molecule has 0 aliphatic heterocycles.